The van der Waals surface area contributed by atoms with Crippen LogP contribution in [0.1, 0.15) is 53.1 Å². The van der Waals surface area contributed by atoms with Crippen molar-refractivity contribution < 1.29 is 18.8 Å². The standard InChI is InChI=1S/C30H27N3O4S/c1-3-18-10-12-22-25(16-18)38-29(26(22)30(35)36-4-2)32-28(34)21(17-31)14-19-11-13-24-23(15-19)27(37-33-24)20-8-6-5-7-9-20/h5-9,11,13-15,18H,3-4,10,12,16H2,1-2H3,(H,32,34)/b21-14+. The zero-order valence-electron chi connectivity index (χ0n) is 21.2. The van der Waals surface area contributed by atoms with E-state index < -0.39 is 11.9 Å². The van der Waals surface area contributed by atoms with Crippen LogP contribution in [-0.4, -0.2) is 23.6 Å². The summed E-state index contributed by atoms with van der Waals surface area (Å²) in [6, 6.07) is 17.0. The van der Waals surface area contributed by atoms with Crippen LogP contribution in [0.15, 0.2) is 58.6 Å². The topological polar surface area (TPSA) is 105 Å². The molecule has 0 radical (unpaired) electrons. The quantitative estimate of drug-likeness (QED) is 0.162. The highest BCUT2D eigenvalue weighted by atomic mass is 32.1. The molecule has 0 aliphatic heterocycles. The van der Waals surface area contributed by atoms with Gasteiger partial charge in [-0.2, -0.15) is 5.26 Å². The molecule has 38 heavy (non-hydrogen) atoms. The van der Waals surface area contributed by atoms with E-state index in [2.05, 4.69) is 17.4 Å². The zero-order chi connectivity index (χ0) is 26.6. The minimum Gasteiger partial charge on any atom is -0.462 e. The van der Waals surface area contributed by atoms with E-state index >= 15 is 0 Å². The van der Waals surface area contributed by atoms with Gasteiger partial charge in [-0.1, -0.05) is 54.9 Å². The zero-order valence-corrected chi connectivity index (χ0v) is 22.1. The summed E-state index contributed by atoms with van der Waals surface area (Å²) < 4.78 is 10.9. The number of hydrogen-bond acceptors (Lipinski definition) is 7. The van der Waals surface area contributed by atoms with Gasteiger partial charge in [0.05, 0.1) is 17.6 Å². The molecule has 192 valence electrons. The molecular weight excluding hydrogens is 498 g/mol. The van der Waals surface area contributed by atoms with Crippen molar-refractivity contribution in [3.05, 3.63) is 75.7 Å². The number of hydrogen-bond donors (Lipinski definition) is 1. The first-order chi connectivity index (χ1) is 18.5. The molecule has 5 rings (SSSR count). The molecule has 2 aromatic heterocycles. The molecule has 0 saturated carbocycles. The number of nitrogens with zero attached hydrogens (tertiary/aromatic N) is 2. The SMILES string of the molecule is CCOC(=O)c1c(NC(=O)/C(C#N)=C/c2ccc3noc(-c4ccccc4)c3c2)sc2c1CCC(CC)C2. The Kier molecular flexibility index (Phi) is 7.38. The van der Waals surface area contributed by atoms with Gasteiger partial charge in [0.2, 0.25) is 0 Å². The Morgan fingerprint density at radius 3 is 2.79 bits per heavy atom. The van der Waals surface area contributed by atoms with Crippen molar-refractivity contribution in [1.82, 2.24) is 5.16 Å². The fourth-order valence-corrected chi connectivity index (χ4v) is 6.19. The van der Waals surface area contributed by atoms with Crippen molar-refractivity contribution in [2.45, 2.75) is 39.5 Å². The molecule has 0 fully saturated rings. The smallest absolute Gasteiger partial charge is 0.341 e. The van der Waals surface area contributed by atoms with Crippen LogP contribution in [0.5, 0.6) is 0 Å². The first-order valence-corrected chi connectivity index (χ1v) is 13.5. The predicted molar refractivity (Wildman–Crippen MR) is 148 cm³/mol. The number of amides is 1. The number of aromatic nitrogens is 1. The second-order valence-electron chi connectivity index (χ2n) is 9.22. The van der Waals surface area contributed by atoms with Crippen LogP contribution in [0.25, 0.3) is 28.3 Å². The summed E-state index contributed by atoms with van der Waals surface area (Å²) in [6.07, 6.45) is 5.25. The molecule has 1 aliphatic carbocycles. The molecule has 1 atom stereocenters. The second kappa shape index (κ2) is 11.0. The molecular formula is C30H27N3O4S. The number of anilines is 1. The van der Waals surface area contributed by atoms with Crippen molar-refractivity contribution >= 4 is 45.2 Å². The number of esters is 1. The maximum atomic E-state index is 13.2. The maximum Gasteiger partial charge on any atom is 0.341 e. The van der Waals surface area contributed by atoms with Gasteiger partial charge < -0.3 is 14.6 Å². The van der Waals surface area contributed by atoms with Gasteiger partial charge in [-0.05, 0) is 61.4 Å². The van der Waals surface area contributed by atoms with Gasteiger partial charge in [0.25, 0.3) is 5.91 Å². The molecule has 0 bridgehead atoms. The lowest BCUT2D eigenvalue weighted by Crippen LogP contribution is -2.17. The van der Waals surface area contributed by atoms with Crippen molar-refractivity contribution in [1.29, 1.82) is 5.26 Å². The van der Waals surface area contributed by atoms with Gasteiger partial charge in [-0.25, -0.2) is 4.79 Å². The fourth-order valence-electron chi connectivity index (χ4n) is 4.84. The van der Waals surface area contributed by atoms with Crippen LogP contribution in [0, 0.1) is 17.2 Å². The molecule has 8 heteroatoms. The Morgan fingerprint density at radius 1 is 1.24 bits per heavy atom. The van der Waals surface area contributed by atoms with E-state index in [0.717, 1.165) is 47.1 Å². The number of fused-ring (bicyclic) bond motifs is 2. The van der Waals surface area contributed by atoms with Gasteiger partial charge in [0.1, 0.15) is 22.2 Å². The van der Waals surface area contributed by atoms with Gasteiger partial charge in [0.15, 0.2) is 5.76 Å². The molecule has 7 nitrogen and oxygen atoms in total. The molecule has 2 aromatic carbocycles. The van der Waals surface area contributed by atoms with Gasteiger partial charge >= 0.3 is 5.97 Å². The normalized spacial score (nSPS) is 15.1. The number of ether oxygens (including phenoxy) is 1. The van der Waals surface area contributed by atoms with E-state index in [-0.39, 0.29) is 12.2 Å². The van der Waals surface area contributed by atoms with E-state index in [1.165, 1.54) is 17.4 Å². The first-order valence-electron chi connectivity index (χ1n) is 12.7. The lowest BCUT2D eigenvalue weighted by Gasteiger charge is -2.20. The number of carbonyl (C=O) groups is 2. The summed E-state index contributed by atoms with van der Waals surface area (Å²) in [6.45, 7) is 4.17. The van der Waals surface area contributed by atoms with Gasteiger partial charge in [-0.3, -0.25) is 4.79 Å². The minimum absolute atomic E-state index is 0.0744. The number of benzene rings is 2. The summed E-state index contributed by atoms with van der Waals surface area (Å²) >= 11 is 1.41. The average molecular weight is 526 g/mol. The lowest BCUT2D eigenvalue weighted by molar-refractivity contribution is -0.112. The minimum atomic E-state index is -0.572. The van der Waals surface area contributed by atoms with E-state index in [1.807, 2.05) is 42.5 Å². The highest BCUT2D eigenvalue weighted by Gasteiger charge is 2.30. The lowest BCUT2D eigenvalue weighted by atomic mass is 9.85. The van der Waals surface area contributed by atoms with Crippen LogP contribution in [0.3, 0.4) is 0 Å². The van der Waals surface area contributed by atoms with E-state index in [1.54, 1.807) is 19.1 Å². The molecule has 1 N–H and O–H groups in total. The number of nitriles is 1. The molecule has 2 heterocycles. The largest absolute Gasteiger partial charge is 0.462 e. The third-order valence-electron chi connectivity index (χ3n) is 6.86. The molecule has 1 aliphatic rings. The van der Waals surface area contributed by atoms with Crippen LogP contribution in [0.2, 0.25) is 0 Å². The number of nitrogens with one attached hydrogen (secondary N) is 1. The van der Waals surface area contributed by atoms with E-state index in [4.69, 9.17) is 9.26 Å². The third kappa shape index (κ3) is 4.98. The Labute approximate surface area is 224 Å². The number of rotatable bonds is 7. The van der Waals surface area contributed by atoms with Crippen molar-refractivity contribution in [2.75, 3.05) is 11.9 Å². The molecule has 1 unspecified atom stereocenters. The highest BCUT2D eigenvalue weighted by Crippen LogP contribution is 2.41. The van der Waals surface area contributed by atoms with Crippen molar-refractivity contribution in [3.63, 3.8) is 0 Å². The summed E-state index contributed by atoms with van der Waals surface area (Å²) in [4.78, 5) is 27.2. The highest BCUT2D eigenvalue weighted by molar-refractivity contribution is 7.17. The molecule has 4 aromatic rings. The Bertz CT molecular complexity index is 1580. The predicted octanol–water partition coefficient (Wildman–Crippen LogP) is 6.79. The van der Waals surface area contributed by atoms with Crippen LogP contribution >= 0.6 is 11.3 Å². The van der Waals surface area contributed by atoms with Crippen LogP contribution in [-0.2, 0) is 22.4 Å². The summed E-state index contributed by atoms with van der Waals surface area (Å²) in [7, 11) is 0. The summed E-state index contributed by atoms with van der Waals surface area (Å²) in [5.41, 5.74) is 3.53. The van der Waals surface area contributed by atoms with E-state index in [0.29, 0.717) is 33.3 Å². The first kappa shape index (κ1) is 25.4. The Balaban J connectivity index is 1.46. The fraction of sp³-hybridized carbons (Fsp3) is 0.267. The molecule has 1 amide bonds. The average Bonchev–Trinajstić information content (AvgIpc) is 3.52. The molecule has 0 saturated heterocycles. The van der Waals surface area contributed by atoms with Gasteiger partial charge in [0, 0.05) is 10.4 Å². The van der Waals surface area contributed by atoms with Crippen molar-refractivity contribution in [3.8, 4) is 17.4 Å². The molecule has 0 spiro atoms. The Morgan fingerprint density at radius 2 is 2.05 bits per heavy atom. The maximum absolute atomic E-state index is 13.2. The third-order valence-corrected chi connectivity index (χ3v) is 8.03. The van der Waals surface area contributed by atoms with Crippen LogP contribution in [0.4, 0.5) is 5.00 Å². The monoisotopic (exact) mass is 525 g/mol. The second-order valence-corrected chi connectivity index (χ2v) is 10.3. The number of carbonyl (C=O) groups excluding carboxylic acids is 2. The van der Waals surface area contributed by atoms with Gasteiger partial charge in [-0.15, -0.1) is 11.3 Å². The van der Waals surface area contributed by atoms with Crippen molar-refractivity contribution in [2.24, 2.45) is 5.92 Å². The van der Waals surface area contributed by atoms with E-state index in [9.17, 15) is 14.9 Å². The van der Waals surface area contributed by atoms with Crippen LogP contribution < -0.4 is 5.32 Å². The summed E-state index contributed by atoms with van der Waals surface area (Å²) in [5, 5.41) is 18.0. The number of thiophene rings is 1. The Hall–Kier alpha value is -4.22. The summed E-state index contributed by atoms with van der Waals surface area (Å²) in [5.74, 6) is 0.163.